The van der Waals surface area contributed by atoms with Crippen LogP contribution in [-0.4, -0.2) is 16.1 Å². The lowest BCUT2D eigenvalue weighted by atomic mass is 10.2. The van der Waals surface area contributed by atoms with Crippen molar-refractivity contribution in [1.29, 1.82) is 0 Å². The highest BCUT2D eigenvalue weighted by atomic mass is 16.4. The number of nitrogens with two attached hydrogens (primary N) is 1. The summed E-state index contributed by atoms with van der Waals surface area (Å²) in [6.07, 6.45) is 2.56. The van der Waals surface area contributed by atoms with Crippen LogP contribution >= 0.6 is 0 Å². The summed E-state index contributed by atoms with van der Waals surface area (Å²) < 4.78 is 0. The van der Waals surface area contributed by atoms with Crippen LogP contribution in [0.4, 0.5) is 5.82 Å². The van der Waals surface area contributed by atoms with Crippen LogP contribution in [0.15, 0.2) is 18.2 Å². The number of anilines is 1. The van der Waals surface area contributed by atoms with Gasteiger partial charge in [0.1, 0.15) is 5.82 Å². The minimum Gasteiger partial charge on any atom is -0.478 e. The van der Waals surface area contributed by atoms with Crippen molar-refractivity contribution in [3.63, 3.8) is 0 Å². The Morgan fingerprint density at radius 2 is 2.31 bits per heavy atom. The fourth-order valence-electron chi connectivity index (χ4n) is 0.928. The van der Waals surface area contributed by atoms with E-state index in [9.17, 15) is 4.79 Å². The monoisotopic (exact) mass is 178 g/mol. The van der Waals surface area contributed by atoms with E-state index >= 15 is 0 Å². The lowest BCUT2D eigenvalue weighted by molar-refractivity contribution is -0.131. The molecular weight excluding hydrogens is 168 g/mol. The van der Waals surface area contributed by atoms with Gasteiger partial charge in [0.15, 0.2) is 0 Å². The smallest absolute Gasteiger partial charge is 0.328 e. The van der Waals surface area contributed by atoms with Crippen molar-refractivity contribution < 1.29 is 9.90 Å². The van der Waals surface area contributed by atoms with Gasteiger partial charge in [-0.15, -0.1) is 0 Å². The first-order valence-electron chi connectivity index (χ1n) is 3.73. The molecule has 13 heavy (non-hydrogen) atoms. The van der Waals surface area contributed by atoms with Gasteiger partial charge in [0, 0.05) is 11.8 Å². The zero-order chi connectivity index (χ0) is 9.84. The molecule has 0 spiro atoms. The molecule has 0 saturated heterocycles. The molecule has 0 fully saturated rings. The Kier molecular flexibility index (Phi) is 2.64. The largest absolute Gasteiger partial charge is 0.478 e. The molecule has 0 atom stereocenters. The van der Waals surface area contributed by atoms with Gasteiger partial charge < -0.3 is 10.8 Å². The first-order chi connectivity index (χ1) is 6.09. The molecule has 1 aromatic heterocycles. The first kappa shape index (κ1) is 9.25. The highest BCUT2D eigenvalue weighted by molar-refractivity contribution is 5.85. The lowest BCUT2D eigenvalue weighted by Crippen LogP contribution is -1.94. The number of hydrogen-bond donors (Lipinski definition) is 2. The molecule has 0 saturated carbocycles. The predicted molar refractivity (Wildman–Crippen MR) is 50.1 cm³/mol. The van der Waals surface area contributed by atoms with Gasteiger partial charge in [-0.25, -0.2) is 9.78 Å². The molecule has 4 nitrogen and oxygen atoms in total. The quantitative estimate of drug-likeness (QED) is 0.664. The number of carbonyl (C=O) groups is 1. The van der Waals surface area contributed by atoms with E-state index < -0.39 is 5.97 Å². The highest BCUT2D eigenvalue weighted by Gasteiger charge is 1.96. The summed E-state index contributed by atoms with van der Waals surface area (Å²) in [5.74, 6) is -0.541. The van der Waals surface area contributed by atoms with E-state index in [2.05, 4.69) is 4.98 Å². The van der Waals surface area contributed by atoms with Gasteiger partial charge in [-0.3, -0.25) is 0 Å². The number of hydrogen-bond acceptors (Lipinski definition) is 3. The summed E-state index contributed by atoms with van der Waals surface area (Å²) >= 11 is 0. The van der Waals surface area contributed by atoms with Gasteiger partial charge >= 0.3 is 5.97 Å². The van der Waals surface area contributed by atoms with Gasteiger partial charge in [0.2, 0.25) is 0 Å². The topological polar surface area (TPSA) is 76.2 Å². The molecule has 0 aromatic carbocycles. The number of nitrogens with zero attached hydrogens (tertiary/aromatic N) is 1. The number of nitrogen functional groups attached to an aromatic ring is 1. The zero-order valence-corrected chi connectivity index (χ0v) is 7.19. The van der Waals surface area contributed by atoms with Crippen molar-refractivity contribution in [2.75, 3.05) is 5.73 Å². The number of aryl methyl sites for hydroxylation is 1. The first-order valence-corrected chi connectivity index (χ1v) is 3.73. The van der Waals surface area contributed by atoms with Gasteiger partial charge in [-0.2, -0.15) is 0 Å². The molecule has 1 heterocycles. The van der Waals surface area contributed by atoms with Gasteiger partial charge in [0.25, 0.3) is 0 Å². The van der Waals surface area contributed by atoms with Crippen LogP contribution in [0.5, 0.6) is 0 Å². The van der Waals surface area contributed by atoms with E-state index in [0.717, 1.165) is 17.3 Å². The van der Waals surface area contributed by atoms with Crippen LogP contribution in [0.25, 0.3) is 6.08 Å². The number of carboxylic acid groups (broad SMARTS) is 1. The molecule has 0 unspecified atom stereocenters. The summed E-state index contributed by atoms with van der Waals surface area (Å²) in [5, 5.41) is 8.39. The summed E-state index contributed by atoms with van der Waals surface area (Å²) in [7, 11) is 0. The highest BCUT2D eigenvalue weighted by Crippen LogP contribution is 2.09. The molecule has 68 valence electrons. The maximum Gasteiger partial charge on any atom is 0.328 e. The van der Waals surface area contributed by atoms with Crippen LogP contribution in [0.3, 0.4) is 0 Å². The summed E-state index contributed by atoms with van der Waals surface area (Å²) in [6.45, 7) is 1.78. The van der Waals surface area contributed by atoms with Crippen LogP contribution in [0.1, 0.15) is 11.3 Å². The van der Waals surface area contributed by atoms with Crippen molar-refractivity contribution in [3.8, 4) is 0 Å². The Hall–Kier alpha value is -1.84. The van der Waals surface area contributed by atoms with Crippen molar-refractivity contribution in [2.45, 2.75) is 6.92 Å². The second kappa shape index (κ2) is 3.71. The Balaban J connectivity index is 2.96. The fourth-order valence-corrected chi connectivity index (χ4v) is 0.928. The Morgan fingerprint density at radius 1 is 1.62 bits per heavy atom. The maximum atomic E-state index is 10.2. The Labute approximate surface area is 75.7 Å². The molecule has 4 heteroatoms. The van der Waals surface area contributed by atoms with E-state index in [-0.39, 0.29) is 0 Å². The number of pyridine rings is 1. The van der Waals surface area contributed by atoms with E-state index in [1.807, 2.05) is 0 Å². The SMILES string of the molecule is Cc1nc(N)ccc1/C=C/C(=O)O. The molecular formula is C9H10N2O2. The molecule has 0 aliphatic heterocycles. The average molecular weight is 178 g/mol. The second-order valence-corrected chi connectivity index (χ2v) is 2.58. The van der Waals surface area contributed by atoms with Crippen molar-refractivity contribution in [3.05, 3.63) is 29.5 Å². The Bertz CT molecular complexity index is 359. The van der Waals surface area contributed by atoms with Crippen molar-refractivity contribution in [2.24, 2.45) is 0 Å². The standard InChI is InChI=1S/C9H10N2O2/c1-6-7(3-5-9(12)13)2-4-8(10)11-6/h2-5H,1H3,(H2,10,11)(H,12,13)/b5-3+. The molecule has 1 rings (SSSR count). The van der Waals surface area contributed by atoms with Gasteiger partial charge in [-0.05, 0) is 30.7 Å². The van der Waals surface area contributed by atoms with Crippen molar-refractivity contribution in [1.82, 2.24) is 4.98 Å². The van der Waals surface area contributed by atoms with E-state index in [4.69, 9.17) is 10.8 Å². The van der Waals surface area contributed by atoms with E-state index in [0.29, 0.717) is 5.82 Å². The van der Waals surface area contributed by atoms with Crippen molar-refractivity contribution >= 4 is 17.9 Å². The van der Waals surface area contributed by atoms with E-state index in [1.54, 1.807) is 19.1 Å². The van der Waals surface area contributed by atoms with Crippen LogP contribution in [-0.2, 0) is 4.79 Å². The maximum absolute atomic E-state index is 10.2. The average Bonchev–Trinajstić information content (AvgIpc) is 2.02. The normalized spacial score (nSPS) is 10.5. The summed E-state index contributed by atoms with van der Waals surface area (Å²) in [5.41, 5.74) is 6.91. The third-order valence-corrected chi connectivity index (χ3v) is 1.55. The zero-order valence-electron chi connectivity index (χ0n) is 7.19. The number of aromatic nitrogens is 1. The summed E-state index contributed by atoms with van der Waals surface area (Å²) in [6, 6.07) is 3.37. The molecule has 0 aliphatic rings. The third kappa shape index (κ3) is 2.59. The molecule has 3 N–H and O–H groups in total. The van der Waals surface area contributed by atoms with Gasteiger partial charge in [0.05, 0.1) is 0 Å². The van der Waals surface area contributed by atoms with E-state index in [1.165, 1.54) is 6.08 Å². The van der Waals surface area contributed by atoms with Crippen LogP contribution < -0.4 is 5.73 Å². The second-order valence-electron chi connectivity index (χ2n) is 2.58. The molecule has 1 aromatic rings. The summed E-state index contributed by atoms with van der Waals surface area (Å²) in [4.78, 5) is 14.2. The number of carboxylic acids is 1. The molecule has 0 aliphatic carbocycles. The predicted octanol–water partition coefficient (Wildman–Crippen LogP) is 1.07. The fraction of sp³-hybridized carbons (Fsp3) is 0.111. The number of rotatable bonds is 2. The molecule has 0 amide bonds. The van der Waals surface area contributed by atoms with Gasteiger partial charge in [-0.1, -0.05) is 0 Å². The minimum absolute atomic E-state index is 0.435. The number of aliphatic carboxylic acids is 1. The Morgan fingerprint density at radius 3 is 2.85 bits per heavy atom. The molecule has 0 bridgehead atoms. The lowest BCUT2D eigenvalue weighted by Gasteiger charge is -1.99. The van der Waals surface area contributed by atoms with Crippen LogP contribution in [0, 0.1) is 6.92 Å². The minimum atomic E-state index is -0.976. The third-order valence-electron chi connectivity index (χ3n) is 1.55. The van der Waals surface area contributed by atoms with Crippen LogP contribution in [0.2, 0.25) is 0 Å². The molecule has 0 radical (unpaired) electrons.